The summed E-state index contributed by atoms with van der Waals surface area (Å²) >= 11 is 0. The van der Waals surface area contributed by atoms with Gasteiger partial charge in [-0.1, -0.05) is 0 Å². The lowest BCUT2D eigenvalue weighted by Gasteiger charge is -2.27. The molecule has 0 aliphatic heterocycles. The van der Waals surface area contributed by atoms with E-state index in [-0.39, 0.29) is 5.54 Å². The second-order valence-corrected chi connectivity index (χ2v) is 3.32. The van der Waals surface area contributed by atoms with Crippen LogP contribution >= 0.6 is 0 Å². The first-order valence-electron chi connectivity index (χ1n) is 3.45. The summed E-state index contributed by atoms with van der Waals surface area (Å²) in [7, 11) is 0. The standard InChI is InChI=1S/C7H16N4/c1-6(9-5)10-11(8)7(2,3)4/h5,8H2,1-4H3/b10-6-. The van der Waals surface area contributed by atoms with Crippen LogP contribution in [-0.4, -0.2) is 23.2 Å². The number of hydrogen-bond donors (Lipinski definition) is 1. The zero-order valence-electron chi connectivity index (χ0n) is 7.63. The molecule has 0 aliphatic rings. The molecule has 0 amide bonds. The van der Waals surface area contributed by atoms with E-state index in [2.05, 4.69) is 16.8 Å². The van der Waals surface area contributed by atoms with E-state index in [1.165, 1.54) is 5.12 Å². The van der Waals surface area contributed by atoms with Gasteiger partial charge in [-0.3, -0.25) is 0 Å². The second-order valence-electron chi connectivity index (χ2n) is 3.32. The number of aliphatic imine (C=N–C) groups is 1. The van der Waals surface area contributed by atoms with E-state index in [1.807, 2.05) is 20.8 Å². The van der Waals surface area contributed by atoms with Gasteiger partial charge in [0.25, 0.3) is 0 Å². The van der Waals surface area contributed by atoms with Crippen molar-refractivity contribution in [2.45, 2.75) is 33.2 Å². The molecule has 0 aromatic heterocycles. The molecule has 0 aromatic rings. The third kappa shape index (κ3) is 3.72. The van der Waals surface area contributed by atoms with E-state index in [4.69, 9.17) is 5.84 Å². The topological polar surface area (TPSA) is 54.0 Å². The van der Waals surface area contributed by atoms with Crippen molar-refractivity contribution in [2.75, 3.05) is 0 Å². The molecule has 4 heteroatoms. The zero-order chi connectivity index (χ0) is 9.07. The fraction of sp³-hybridized carbons (Fsp3) is 0.714. The first-order chi connectivity index (χ1) is 4.88. The fourth-order valence-electron chi connectivity index (χ4n) is 0.338. The van der Waals surface area contributed by atoms with E-state index in [0.717, 1.165) is 0 Å². The summed E-state index contributed by atoms with van der Waals surface area (Å²) in [5.74, 6) is 6.16. The highest BCUT2D eigenvalue weighted by molar-refractivity contribution is 5.83. The number of hydrazone groups is 1. The smallest absolute Gasteiger partial charge is 0.146 e. The Morgan fingerprint density at radius 1 is 1.45 bits per heavy atom. The van der Waals surface area contributed by atoms with Crippen LogP contribution in [0.2, 0.25) is 0 Å². The predicted octanol–water partition coefficient (Wildman–Crippen LogP) is 0.995. The molecule has 0 aromatic carbocycles. The Kier molecular flexibility index (Phi) is 3.19. The summed E-state index contributed by atoms with van der Waals surface area (Å²) in [4.78, 5) is 3.62. The molecule has 0 saturated heterocycles. The van der Waals surface area contributed by atoms with Crippen molar-refractivity contribution in [1.82, 2.24) is 5.12 Å². The largest absolute Gasteiger partial charge is 0.248 e. The molecule has 0 bridgehead atoms. The molecule has 0 radical (unpaired) electrons. The number of hydrazine groups is 1. The number of hydrogen-bond acceptors (Lipinski definition) is 3. The second kappa shape index (κ2) is 3.48. The van der Waals surface area contributed by atoms with Gasteiger partial charge in [0, 0.05) is 0 Å². The molecular formula is C7H16N4. The van der Waals surface area contributed by atoms with Crippen molar-refractivity contribution in [3.05, 3.63) is 0 Å². The van der Waals surface area contributed by atoms with Gasteiger partial charge in [0.05, 0.1) is 5.54 Å². The van der Waals surface area contributed by atoms with Crippen molar-refractivity contribution in [3.8, 4) is 0 Å². The Bertz CT molecular complexity index is 166. The van der Waals surface area contributed by atoms with Crippen LogP contribution in [0.15, 0.2) is 10.1 Å². The van der Waals surface area contributed by atoms with Crippen LogP contribution in [0, 0.1) is 0 Å². The molecule has 0 spiro atoms. The molecule has 0 fully saturated rings. The SMILES string of the molecule is C=N/C(C)=N\N(N)C(C)(C)C. The Hall–Kier alpha value is -0.900. The Balaban J connectivity index is 4.28. The van der Waals surface area contributed by atoms with Crippen molar-refractivity contribution in [2.24, 2.45) is 15.9 Å². The quantitative estimate of drug-likeness (QED) is 0.266. The minimum Gasteiger partial charge on any atom is -0.248 e. The van der Waals surface area contributed by atoms with E-state index in [0.29, 0.717) is 5.84 Å². The molecule has 64 valence electrons. The van der Waals surface area contributed by atoms with Crippen LogP contribution in [0.3, 0.4) is 0 Å². The summed E-state index contributed by atoms with van der Waals surface area (Å²) in [5, 5.41) is 5.34. The molecule has 4 nitrogen and oxygen atoms in total. The molecule has 0 rings (SSSR count). The highest BCUT2D eigenvalue weighted by atomic mass is 15.7. The summed E-state index contributed by atoms with van der Waals surface area (Å²) in [6, 6.07) is 0. The van der Waals surface area contributed by atoms with E-state index < -0.39 is 0 Å². The van der Waals surface area contributed by atoms with Crippen LogP contribution in [0.5, 0.6) is 0 Å². The van der Waals surface area contributed by atoms with Gasteiger partial charge in [-0.05, 0) is 34.4 Å². The Morgan fingerprint density at radius 2 is 1.91 bits per heavy atom. The molecule has 11 heavy (non-hydrogen) atoms. The van der Waals surface area contributed by atoms with Crippen molar-refractivity contribution in [3.63, 3.8) is 0 Å². The minimum absolute atomic E-state index is 0.175. The molecule has 0 saturated carbocycles. The van der Waals surface area contributed by atoms with E-state index in [1.54, 1.807) is 6.92 Å². The lowest BCUT2D eigenvalue weighted by Crippen LogP contribution is -2.42. The maximum atomic E-state index is 5.59. The van der Waals surface area contributed by atoms with E-state index in [9.17, 15) is 0 Å². The molecule has 0 atom stereocenters. The number of nitrogens with two attached hydrogens (primary N) is 1. The van der Waals surface area contributed by atoms with Gasteiger partial charge in [-0.15, -0.1) is 5.10 Å². The molecular weight excluding hydrogens is 140 g/mol. The molecule has 0 unspecified atom stereocenters. The molecule has 0 heterocycles. The Labute approximate surface area is 67.8 Å². The van der Waals surface area contributed by atoms with Gasteiger partial charge < -0.3 is 0 Å². The van der Waals surface area contributed by atoms with Crippen LogP contribution in [-0.2, 0) is 0 Å². The predicted molar refractivity (Wildman–Crippen MR) is 48.4 cm³/mol. The van der Waals surface area contributed by atoms with Crippen LogP contribution in [0.4, 0.5) is 0 Å². The maximum absolute atomic E-state index is 5.59. The lowest BCUT2D eigenvalue weighted by molar-refractivity contribution is 0.145. The van der Waals surface area contributed by atoms with Crippen LogP contribution < -0.4 is 5.84 Å². The normalized spacial score (nSPS) is 13.0. The number of amidine groups is 1. The third-order valence-corrected chi connectivity index (χ3v) is 1.17. The highest BCUT2D eigenvalue weighted by Crippen LogP contribution is 2.08. The number of rotatable bonds is 1. The molecule has 0 aliphatic carbocycles. The van der Waals surface area contributed by atoms with Gasteiger partial charge >= 0.3 is 0 Å². The van der Waals surface area contributed by atoms with Gasteiger partial charge in [0.15, 0.2) is 0 Å². The minimum atomic E-state index is -0.175. The van der Waals surface area contributed by atoms with Gasteiger partial charge in [0.1, 0.15) is 5.84 Å². The molecule has 2 N–H and O–H groups in total. The van der Waals surface area contributed by atoms with Crippen molar-refractivity contribution in [1.29, 1.82) is 0 Å². The monoisotopic (exact) mass is 156 g/mol. The average Bonchev–Trinajstić information content (AvgIpc) is 1.85. The lowest BCUT2D eigenvalue weighted by atomic mass is 10.1. The summed E-state index contributed by atoms with van der Waals surface area (Å²) in [6.45, 7) is 11.0. The third-order valence-electron chi connectivity index (χ3n) is 1.17. The van der Waals surface area contributed by atoms with Crippen LogP contribution in [0.25, 0.3) is 0 Å². The summed E-state index contributed by atoms with van der Waals surface area (Å²) < 4.78 is 0. The number of nitrogens with zero attached hydrogens (tertiary/aromatic N) is 3. The van der Waals surface area contributed by atoms with Gasteiger partial charge in [-0.2, -0.15) is 0 Å². The first kappa shape index (κ1) is 10.1. The average molecular weight is 156 g/mol. The summed E-state index contributed by atoms with van der Waals surface area (Å²) in [5.41, 5.74) is -0.175. The van der Waals surface area contributed by atoms with Gasteiger partial charge in [-0.25, -0.2) is 16.0 Å². The van der Waals surface area contributed by atoms with Crippen LogP contribution in [0.1, 0.15) is 27.7 Å². The van der Waals surface area contributed by atoms with Crippen molar-refractivity contribution < 1.29 is 0 Å². The zero-order valence-corrected chi connectivity index (χ0v) is 7.63. The van der Waals surface area contributed by atoms with Crippen molar-refractivity contribution >= 4 is 12.6 Å². The fourth-order valence-corrected chi connectivity index (χ4v) is 0.338. The maximum Gasteiger partial charge on any atom is 0.146 e. The highest BCUT2D eigenvalue weighted by Gasteiger charge is 2.15. The first-order valence-corrected chi connectivity index (χ1v) is 3.45. The summed E-state index contributed by atoms with van der Waals surface area (Å²) in [6.07, 6.45) is 0. The van der Waals surface area contributed by atoms with Gasteiger partial charge in [0.2, 0.25) is 0 Å². The van der Waals surface area contributed by atoms with E-state index >= 15 is 0 Å². The Morgan fingerprint density at radius 3 is 2.18 bits per heavy atom.